The summed E-state index contributed by atoms with van der Waals surface area (Å²) in [7, 11) is 0. The largest absolute Gasteiger partial charge is 0.460 e. The van der Waals surface area contributed by atoms with Crippen molar-refractivity contribution in [2.24, 2.45) is 5.41 Å². The number of aryl methyl sites for hydroxylation is 2. The molecule has 0 aliphatic carbocycles. The molecule has 1 N–H and O–H groups in total. The van der Waals surface area contributed by atoms with Gasteiger partial charge in [-0.25, -0.2) is 0 Å². The van der Waals surface area contributed by atoms with E-state index in [4.69, 9.17) is 4.42 Å². The Morgan fingerprint density at radius 3 is 2.77 bits per heavy atom. The zero-order valence-electron chi connectivity index (χ0n) is 13.4. The first kappa shape index (κ1) is 15.9. The van der Waals surface area contributed by atoms with Gasteiger partial charge in [-0.3, -0.25) is 4.90 Å². The van der Waals surface area contributed by atoms with Crippen molar-refractivity contribution in [1.29, 1.82) is 0 Å². The van der Waals surface area contributed by atoms with Crippen LogP contribution >= 0.6 is 12.4 Å². The molecule has 22 heavy (non-hydrogen) atoms. The van der Waals surface area contributed by atoms with Crippen LogP contribution in [0.5, 0.6) is 0 Å². The zero-order chi connectivity index (χ0) is 14.4. The van der Waals surface area contributed by atoms with Crippen molar-refractivity contribution < 1.29 is 4.42 Å². The molecule has 2 aliphatic heterocycles. The quantitative estimate of drug-likeness (QED) is 0.915. The molecule has 1 aromatic carbocycles. The Morgan fingerprint density at radius 1 is 1.18 bits per heavy atom. The molecule has 4 rings (SSSR count). The maximum atomic E-state index is 6.06. The second kappa shape index (κ2) is 5.88. The van der Waals surface area contributed by atoms with Crippen LogP contribution in [0.4, 0.5) is 0 Å². The Labute approximate surface area is 138 Å². The second-order valence-electron chi connectivity index (χ2n) is 7.07. The first-order chi connectivity index (χ1) is 10.1. The van der Waals surface area contributed by atoms with Crippen LogP contribution < -0.4 is 5.32 Å². The van der Waals surface area contributed by atoms with Gasteiger partial charge in [0.25, 0.3) is 0 Å². The van der Waals surface area contributed by atoms with Crippen LogP contribution in [0.2, 0.25) is 0 Å². The molecule has 1 aromatic heterocycles. The van der Waals surface area contributed by atoms with E-state index in [9.17, 15) is 0 Å². The molecule has 0 radical (unpaired) electrons. The first-order valence-corrected chi connectivity index (χ1v) is 8.06. The summed E-state index contributed by atoms with van der Waals surface area (Å²) in [5.74, 6) is 1.11. The maximum Gasteiger partial charge on any atom is 0.134 e. The summed E-state index contributed by atoms with van der Waals surface area (Å²) in [6.45, 7) is 10.1. The average Bonchev–Trinajstić information content (AvgIpc) is 3.14. The number of furan rings is 1. The van der Waals surface area contributed by atoms with Crippen molar-refractivity contribution in [2.75, 3.05) is 26.2 Å². The van der Waals surface area contributed by atoms with Crippen molar-refractivity contribution in [2.45, 2.75) is 33.2 Å². The molecule has 0 amide bonds. The minimum absolute atomic E-state index is 0. The van der Waals surface area contributed by atoms with Crippen molar-refractivity contribution in [1.82, 2.24) is 10.2 Å². The third-order valence-electron chi connectivity index (χ3n) is 5.41. The Balaban J connectivity index is 0.00000144. The lowest BCUT2D eigenvalue weighted by Crippen LogP contribution is -2.28. The van der Waals surface area contributed by atoms with Crippen molar-refractivity contribution >= 4 is 23.4 Å². The Morgan fingerprint density at radius 2 is 2.00 bits per heavy atom. The van der Waals surface area contributed by atoms with Crippen LogP contribution in [-0.2, 0) is 6.54 Å². The van der Waals surface area contributed by atoms with Gasteiger partial charge in [0.05, 0.1) is 6.54 Å². The van der Waals surface area contributed by atoms with E-state index in [0.717, 1.165) is 17.9 Å². The van der Waals surface area contributed by atoms with E-state index in [-0.39, 0.29) is 12.4 Å². The van der Waals surface area contributed by atoms with Gasteiger partial charge in [0.15, 0.2) is 0 Å². The molecule has 3 nitrogen and oxygen atoms in total. The second-order valence-corrected chi connectivity index (χ2v) is 7.07. The molecule has 1 unspecified atom stereocenters. The number of fused-ring (bicyclic) bond motifs is 1. The van der Waals surface area contributed by atoms with Crippen LogP contribution in [0.3, 0.4) is 0 Å². The molecule has 4 heteroatoms. The summed E-state index contributed by atoms with van der Waals surface area (Å²) in [5, 5.41) is 4.76. The van der Waals surface area contributed by atoms with Crippen LogP contribution in [0.1, 0.15) is 29.7 Å². The molecule has 2 aromatic rings. The highest BCUT2D eigenvalue weighted by Gasteiger charge is 2.40. The highest BCUT2D eigenvalue weighted by molar-refractivity contribution is 5.85. The van der Waals surface area contributed by atoms with E-state index in [0.29, 0.717) is 5.41 Å². The zero-order valence-corrected chi connectivity index (χ0v) is 14.3. The Bertz CT molecular complexity index is 634. The van der Waals surface area contributed by atoms with E-state index in [1.54, 1.807) is 0 Å². The summed E-state index contributed by atoms with van der Waals surface area (Å²) >= 11 is 0. The summed E-state index contributed by atoms with van der Waals surface area (Å²) < 4.78 is 6.06. The normalized spacial score (nSPS) is 25.2. The number of hydrogen-bond donors (Lipinski definition) is 1. The molecular formula is C18H25ClN2O. The molecule has 0 bridgehead atoms. The van der Waals surface area contributed by atoms with Gasteiger partial charge in [-0.15, -0.1) is 12.4 Å². The molecule has 1 atom stereocenters. The van der Waals surface area contributed by atoms with E-state index in [1.165, 1.54) is 55.5 Å². The van der Waals surface area contributed by atoms with Gasteiger partial charge in [0.1, 0.15) is 11.3 Å². The number of nitrogens with zero attached hydrogens (tertiary/aromatic N) is 1. The van der Waals surface area contributed by atoms with Crippen LogP contribution in [0, 0.1) is 19.3 Å². The fourth-order valence-electron chi connectivity index (χ4n) is 3.96. The van der Waals surface area contributed by atoms with Gasteiger partial charge in [0.2, 0.25) is 0 Å². The summed E-state index contributed by atoms with van der Waals surface area (Å²) in [5.41, 5.74) is 4.22. The molecule has 2 saturated heterocycles. The Kier molecular flexibility index (Phi) is 4.23. The van der Waals surface area contributed by atoms with Gasteiger partial charge in [-0.05, 0) is 74.5 Å². The predicted octanol–water partition coefficient (Wildman–Crippen LogP) is 3.66. The third-order valence-corrected chi connectivity index (χ3v) is 5.41. The minimum atomic E-state index is 0. The molecule has 0 saturated carbocycles. The highest BCUT2D eigenvalue weighted by atomic mass is 35.5. The summed E-state index contributed by atoms with van der Waals surface area (Å²) in [4.78, 5) is 2.56. The van der Waals surface area contributed by atoms with Crippen LogP contribution in [0.15, 0.2) is 22.6 Å². The Hall–Kier alpha value is -1.03. The van der Waals surface area contributed by atoms with Crippen LogP contribution in [0.25, 0.3) is 11.0 Å². The fraction of sp³-hybridized carbons (Fsp3) is 0.556. The van der Waals surface area contributed by atoms with E-state index in [2.05, 4.69) is 42.3 Å². The minimum Gasteiger partial charge on any atom is -0.460 e. The molecule has 2 fully saturated rings. The molecule has 2 aliphatic rings. The SMILES string of the molecule is Cc1cc2cc(CN3CCC4(CCNC4)C3)oc2cc1C.Cl. The summed E-state index contributed by atoms with van der Waals surface area (Å²) in [6.07, 6.45) is 2.67. The topological polar surface area (TPSA) is 28.4 Å². The van der Waals surface area contributed by atoms with E-state index < -0.39 is 0 Å². The van der Waals surface area contributed by atoms with Gasteiger partial charge in [-0.2, -0.15) is 0 Å². The fourth-order valence-corrected chi connectivity index (χ4v) is 3.96. The molecular weight excluding hydrogens is 296 g/mol. The lowest BCUT2D eigenvalue weighted by atomic mass is 9.87. The predicted molar refractivity (Wildman–Crippen MR) is 92.7 cm³/mol. The molecule has 1 spiro atoms. The third kappa shape index (κ3) is 2.78. The summed E-state index contributed by atoms with van der Waals surface area (Å²) in [6, 6.07) is 6.63. The average molecular weight is 321 g/mol. The lowest BCUT2D eigenvalue weighted by Gasteiger charge is -2.22. The van der Waals surface area contributed by atoms with Crippen molar-refractivity contribution in [3.05, 3.63) is 35.1 Å². The van der Waals surface area contributed by atoms with Gasteiger partial charge in [0, 0.05) is 18.5 Å². The first-order valence-electron chi connectivity index (χ1n) is 8.06. The number of hydrogen-bond acceptors (Lipinski definition) is 3. The molecule has 3 heterocycles. The van der Waals surface area contributed by atoms with E-state index >= 15 is 0 Å². The van der Waals surface area contributed by atoms with Crippen LogP contribution in [-0.4, -0.2) is 31.1 Å². The number of nitrogens with one attached hydrogen (secondary N) is 1. The highest BCUT2D eigenvalue weighted by Crippen LogP contribution is 2.37. The monoisotopic (exact) mass is 320 g/mol. The van der Waals surface area contributed by atoms with Gasteiger partial charge in [-0.1, -0.05) is 0 Å². The van der Waals surface area contributed by atoms with Gasteiger partial charge >= 0.3 is 0 Å². The number of rotatable bonds is 2. The smallest absolute Gasteiger partial charge is 0.134 e. The van der Waals surface area contributed by atoms with Crippen molar-refractivity contribution in [3.8, 4) is 0 Å². The van der Waals surface area contributed by atoms with E-state index in [1.807, 2.05) is 0 Å². The standard InChI is InChI=1S/C18H24N2O.ClH/c1-13-7-15-9-16(21-17(15)8-14(13)2)10-20-6-4-18(12-20)3-5-19-11-18;/h7-9,19H,3-6,10-12H2,1-2H3;1H. The lowest BCUT2D eigenvalue weighted by molar-refractivity contribution is 0.253. The number of likely N-dealkylation sites (tertiary alicyclic amines) is 1. The molecule has 120 valence electrons. The number of benzene rings is 1. The number of halogens is 1. The maximum absolute atomic E-state index is 6.06. The van der Waals surface area contributed by atoms with Gasteiger partial charge < -0.3 is 9.73 Å². The van der Waals surface area contributed by atoms with Crippen molar-refractivity contribution in [3.63, 3.8) is 0 Å².